The van der Waals surface area contributed by atoms with E-state index in [0.717, 1.165) is 0 Å². The predicted molar refractivity (Wildman–Crippen MR) is 57.4 cm³/mol. The first-order valence-corrected chi connectivity index (χ1v) is 4.96. The van der Waals surface area contributed by atoms with Crippen LogP contribution in [0.3, 0.4) is 0 Å². The van der Waals surface area contributed by atoms with Crippen molar-refractivity contribution >= 4 is 23.4 Å². The van der Waals surface area contributed by atoms with E-state index < -0.39 is 5.97 Å². The van der Waals surface area contributed by atoms with Crippen LogP contribution in [-0.4, -0.2) is 16.9 Å². The standard InChI is InChI=1S/C11H11ClO3/c1-2-9(13)8-5-3-4-7(11(8)12)6-10(14)15/h3-5H,2,6H2,1H3,(H,14,15). The molecule has 0 aliphatic carbocycles. The Bertz CT molecular complexity index is 399. The van der Waals surface area contributed by atoms with E-state index in [1.54, 1.807) is 25.1 Å². The second kappa shape index (κ2) is 4.94. The van der Waals surface area contributed by atoms with Crippen LogP contribution in [0.15, 0.2) is 18.2 Å². The van der Waals surface area contributed by atoms with Crippen LogP contribution in [-0.2, 0) is 11.2 Å². The summed E-state index contributed by atoms with van der Waals surface area (Å²) in [5.41, 5.74) is 0.876. The third kappa shape index (κ3) is 2.80. The number of ketones is 1. The quantitative estimate of drug-likeness (QED) is 0.803. The van der Waals surface area contributed by atoms with Gasteiger partial charge < -0.3 is 5.11 Å². The van der Waals surface area contributed by atoms with Crippen LogP contribution in [0.4, 0.5) is 0 Å². The number of carbonyl (C=O) groups is 2. The second-order valence-corrected chi connectivity index (χ2v) is 3.50. The Hall–Kier alpha value is -1.35. The third-order valence-corrected chi connectivity index (χ3v) is 2.49. The lowest BCUT2D eigenvalue weighted by molar-refractivity contribution is -0.136. The maximum absolute atomic E-state index is 11.4. The highest BCUT2D eigenvalue weighted by Gasteiger charge is 2.13. The van der Waals surface area contributed by atoms with Gasteiger partial charge >= 0.3 is 5.97 Å². The summed E-state index contributed by atoms with van der Waals surface area (Å²) in [7, 11) is 0. The molecule has 0 radical (unpaired) electrons. The zero-order valence-corrected chi connectivity index (χ0v) is 9.04. The van der Waals surface area contributed by atoms with Gasteiger partial charge in [-0.1, -0.05) is 30.7 Å². The van der Waals surface area contributed by atoms with E-state index in [1.165, 1.54) is 0 Å². The lowest BCUT2D eigenvalue weighted by Crippen LogP contribution is -2.04. The van der Waals surface area contributed by atoms with Gasteiger partial charge in [0, 0.05) is 12.0 Å². The van der Waals surface area contributed by atoms with E-state index >= 15 is 0 Å². The van der Waals surface area contributed by atoms with Crippen molar-refractivity contribution in [1.82, 2.24) is 0 Å². The van der Waals surface area contributed by atoms with Gasteiger partial charge in [0.05, 0.1) is 11.4 Å². The summed E-state index contributed by atoms with van der Waals surface area (Å²) in [5, 5.41) is 8.89. The molecular formula is C11H11ClO3. The highest BCUT2D eigenvalue weighted by atomic mass is 35.5. The summed E-state index contributed by atoms with van der Waals surface area (Å²) in [6, 6.07) is 4.87. The highest BCUT2D eigenvalue weighted by Crippen LogP contribution is 2.22. The fourth-order valence-corrected chi connectivity index (χ4v) is 1.58. The molecular weight excluding hydrogens is 216 g/mol. The largest absolute Gasteiger partial charge is 0.481 e. The van der Waals surface area contributed by atoms with Gasteiger partial charge in [0.15, 0.2) is 5.78 Å². The number of benzene rings is 1. The molecule has 0 aliphatic heterocycles. The summed E-state index contributed by atoms with van der Waals surface area (Å²) in [6.07, 6.45) is 0.194. The molecule has 1 aromatic carbocycles. The summed E-state index contributed by atoms with van der Waals surface area (Å²) in [4.78, 5) is 22.0. The molecule has 15 heavy (non-hydrogen) atoms. The van der Waals surface area contributed by atoms with E-state index in [9.17, 15) is 9.59 Å². The maximum Gasteiger partial charge on any atom is 0.307 e. The van der Waals surface area contributed by atoms with E-state index in [1.807, 2.05) is 0 Å². The molecule has 0 bridgehead atoms. The molecule has 80 valence electrons. The minimum absolute atomic E-state index is 0.0766. The van der Waals surface area contributed by atoms with Crippen LogP contribution in [0.5, 0.6) is 0 Å². The molecule has 1 rings (SSSR count). The Morgan fingerprint density at radius 2 is 2.07 bits per heavy atom. The zero-order valence-electron chi connectivity index (χ0n) is 8.29. The first-order valence-electron chi connectivity index (χ1n) is 4.58. The molecule has 3 nitrogen and oxygen atoms in total. The van der Waals surface area contributed by atoms with E-state index in [-0.39, 0.29) is 17.2 Å². The first kappa shape index (κ1) is 11.7. The van der Waals surface area contributed by atoms with Crippen LogP contribution < -0.4 is 0 Å². The Morgan fingerprint density at radius 3 is 2.60 bits per heavy atom. The van der Waals surface area contributed by atoms with Crippen molar-refractivity contribution < 1.29 is 14.7 Å². The van der Waals surface area contributed by atoms with E-state index in [0.29, 0.717) is 17.5 Å². The number of rotatable bonds is 4. The minimum atomic E-state index is -0.960. The molecule has 0 aromatic heterocycles. The van der Waals surface area contributed by atoms with Gasteiger partial charge in [-0.15, -0.1) is 0 Å². The van der Waals surface area contributed by atoms with Crippen LogP contribution in [0, 0.1) is 0 Å². The van der Waals surface area contributed by atoms with Gasteiger partial charge in [-0.05, 0) is 11.6 Å². The lowest BCUT2D eigenvalue weighted by Gasteiger charge is -2.05. The molecule has 4 heteroatoms. The Kier molecular flexibility index (Phi) is 3.86. The summed E-state index contributed by atoms with van der Waals surface area (Å²) in [6.45, 7) is 1.74. The molecule has 0 heterocycles. The van der Waals surface area contributed by atoms with Crippen molar-refractivity contribution in [3.05, 3.63) is 34.3 Å². The number of halogens is 1. The zero-order chi connectivity index (χ0) is 11.4. The number of carboxylic acid groups (broad SMARTS) is 1. The number of hydrogen-bond acceptors (Lipinski definition) is 2. The summed E-state index contributed by atoms with van der Waals surface area (Å²) >= 11 is 5.94. The summed E-state index contributed by atoms with van der Waals surface area (Å²) < 4.78 is 0. The van der Waals surface area contributed by atoms with Crippen molar-refractivity contribution in [3.8, 4) is 0 Å². The summed E-state index contributed by atoms with van der Waals surface area (Å²) in [5.74, 6) is -1.04. The predicted octanol–water partition coefficient (Wildman–Crippen LogP) is 2.56. The second-order valence-electron chi connectivity index (χ2n) is 3.13. The molecule has 0 saturated carbocycles. The highest BCUT2D eigenvalue weighted by molar-refractivity contribution is 6.34. The first-order chi connectivity index (χ1) is 7.06. The molecule has 0 aliphatic rings. The molecule has 0 fully saturated rings. The lowest BCUT2D eigenvalue weighted by atomic mass is 10.0. The molecule has 0 spiro atoms. The molecule has 1 aromatic rings. The van der Waals surface area contributed by atoms with E-state index in [2.05, 4.69) is 0 Å². The van der Waals surface area contributed by atoms with Crippen molar-refractivity contribution in [3.63, 3.8) is 0 Å². The monoisotopic (exact) mass is 226 g/mol. The normalized spacial score (nSPS) is 10.0. The fraction of sp³-hybridized carbons (Fsp3) is 0.273. The van der Waals surface area contributed by atoms with Gasteiger partial charge in [0.2, 0.25) is 0 Å². The van der Waals surface area contributed by atoms with Crippen LogP contribution in [0.1, 0.15) is 29.3 Å². The average Bonchev–Trinajstić information content (AvgIpc) is 2.19. The maximum atomic E-state index is 11.4. The number of Topliss-reactive ketones (excluding diaryl/α,β-unsaturated/α-hetero) is 1. The third-order valence-electron chi connectivity index (χ3n) is 2.04. The Morgan fingerprint density at radius 1 is 1.40 bits per heavy atom. The molecule has 0 amide bonds. The van der Waals surface area contributed by atoms with E-state index in [4.69, 9.17) is 16.7 Å². The van der Waals surface area contributed by atoms with Crippen molar-refractivity contribution in [2.24, 2.45) is 0 Å². The van der Waals surface area contributed by atoms with Crippen LogP contribution >= 0.6 is 11.6 Å². The van der Waals surface area contributed by atoms with Crippen LogP contribution in [0.25, 0.3) is 0 Å². The van der Waals surface area contributed by atoms with Crippen molar-refractivity contribution in [2.75, 3.05) is 0 Å². The Balaban J connectivity index is 3.11. The van der Waals surface area contributed by atoms with Gasteiger partial charge in [-0.2, -0.15) is 0 Å². The molecule has 0 unspecified atom stereocenters. The average molecular weight is 227 g/mol. The topological polar surface area (TPSA) is 54.4 Å². The van der Waals surface area contributed by atoms with Gasteiger partial charge in [-0.25, -0.2) is 0 Å². The SMILES string of the molecule is CCC(=O)c1cccc(CC(=O)O)c1Cl. The molecule has 0 atom stereocenters. The van der Waals surface area contributed by atoms with Crippen molar-refractivity contribution in [2.45, 2.75) is 19.8 Å². The molecule has 0 saturated heterocycles. The number of carboxylic acids is 1. The van der Waals surface area contributed by atoms with Crippen LogP contribution in [0.2, 0.25) is 5.02 Å². The smallest absolute Gasteiger partial charge is 0.307 e. The number of carbonyl (C=O) groups excluding carboxylic acids is 1. The fourth-order valence-electron chi connectivity index (χ4n) is 1.29. The number of aliphatic carboxylic acids is 1. The van der Waals surface area contributed by atoms with Gasteiger partial charge in [-0.3, -0.25) is 9.59 Å². The molecule has 1 N–H and O–H groups in total. The minimum Gasteiger partial charge on any atom is -0.481 e. The van der Waals surface area contributed by atoms with Crippen molar-refractivity contribution in [1.29, 1.82) is 0 Å². The Labute approximate surface area is 92.7 Å². The van der Waals surface area contributed by atoms with Gasteiger partial charge in [0.25, 0.3) is 0 Å². The number of hydrogen-bond donors (Lipinski definition) is 1. The van der Waals surface area contributed by atoms with Gasteiger partial charge in [0.1, 0.15) is 0 Å².